The van der Waals surface area contributed by atoms with Gasteiger partial charge in [0.25, 0.3) is 5.91 Å². The van der Waals surface area contributed by atoms with E-state index in [9.17, 15) is 19.1 Å². The van der Waals surface area contributed by atoms with Gasteiger partial charge in [0, 0.05) is 29.3 Å². The molecule has 188 valence electrons. The number of aromatic hydroxyl groups is 1. The number of amides is 2. The number of nitrogens with one attached hydrogen (secondary N) is 2. The molecular formula is C28H25FN4O4. The largest absolute Gasteiger partial charge is 0.507 e. The topological polar surface area (TPSA) is 105 Å². The normalized spacial score (nSPS) is 12.7. The lowest BCUT2D eigenvalue weighted by atomic mass is 10.1. The number of rotatable bonds is 7. The number of hydrogen-bond acceptors (Lipinski definition) is 5. The number of benzene rings is 3. The second-order valence-corrected chi connectivity index (χ2v) is 8.78. The van der Waals surface area contributed by atoms with Crippen LogP contribution in [0.4, 0.5) is 14.9 Å². The van der Waals surface area contributed by atoms with Gasteiger partial charge in [-0.1, -0.05) is 30.3 Å². The predicted molar refractivity (Wildman–Crippen MR) is 136 cm³/mol. The molecule has 3 N–H and O–H groups in total. The number of ether oxygens (including phenoxy) is 1. The molecule has 4 aromatic rings. The molecule has 0 radical (unpaired) electrons. The smallest absolute Gasteiger partial charge is 0.342 e. The summed E-state index contributed by atoms with van der Waals surface area (Å²) in [7, 11) is 1.49. The summed E-state index contributed by atoms with van der Waals surface area (Å²) >= 11 is 0. The molecule has 2 amide bonds. The predicted octanol–water partition coefficient (Wildman–Crippen LogP) is 5.29. The zero-order chi connectivity index (χ0) is 25.9. The molecule has 1 heterocycles. The van der Waals surface area contributed by atoms with E-state index in [-0.39, 0.29) is 24.1 Å². The zero-order valence-corrected chi connectivity index (χ0v) is 20.1. The van der Waals surface area contributed by atoms with E-state index in [2.05, 4.69) is 15.7 Å². The molecule has 0 saturated heterocycles. The van der Waals surface area contributed by atoms with Gasteiger partial charge in [-0.2, -0.15) is 9.78 Å². The second kappa shape index (κ2) is 10.1. The van der Waals surface area contributed by atoms with E-state index < -0.39 is 11.8 Å². The molecule has 1 saturated carbocycles. The zero-order valence-electron chi connectivity index (χ0n) is 20.1. The van der Waals surface area contributed by atoms with E-state index >= 15 is 0 Å². The lowest BCUT2D eigenvalue weighted by Crippen LogP contribution is -2.30. The van der Waals surface area contributed by atoms with Gasteiger partial charge in [0.2, 0.25) is 0 Å². The number of anilines is 1. The van der Waals surface area contributed by atoms with Crippen LogP contribution in [-0.4, -0.2) is 33.9 Å². The van der Waals surface area contributed by atoms with E-state index in [4.69, 9.17) is 4.74 Å². The molecule has 0 atom stereocenters. The number of phenolic OH excluding ortho intramolecular Hbond substituents is 1. The fourth-order valence-electron chi connectivity index (χ4n) is 4.10. The van der Waals surface area contributed by atoms with E-state index in [1.165, 1.54) is 23.9 Å². The highest BCUT2D eigenvalue weighted by Gasteiger charge is 2.31. The Morgan fingerprint density at radius 2 is 1.84 bits per heavy atom. The van der Waals surface area contributed by atoms with Crippen molar-refractivity contribution in [2.45, 2.75) is 25.3 Å². The minimum absolute atomic E-state index is 0.0144. The van der Waals surface area contributed by atoms with Crippen LogP contribution in [-0.2, 0) is 6.54 Å². The third kappa shape index (κ3) is 5.16. The molecule has 0 aliphatic heterocycles. The Kier molecular flexibility index (Phi) is 6.59. The Bertz CT molecular complexity index is 1480. The quantitative estimate of drug-likeness (QED) is 0.299. The third-order valence-electron chi connectivity index (χ3n) is 6.19. The summed E-state index contributed by atoms with van der Waals surface area (Å²) in [4.78, 5) is 25.8. The maximum absolute atomic E-state index is 14.0. The molecule has 1 aliphatic carbocycles. The van der Waals surface area contributed by atoms with Crippen molar-refractivity contribution in [3.8, 4) is 22.8 Å². The van der Waals surface area contributed by atoms with Gasteiger partial charge >= 0.3 is 6.03 Å². The molecule has 8 nitrogen and oxygen atoms in total. The molecule has 9 heteroatoms. The maximum atomic E-state index is 14.0. The van der Waals surface area contributed by atoms with Gasteiger partial charge in [0.1, 0.15) is 17.3 Å². The van der Waals surface area contributed by atoms with Gasteiger partial charge in [0.15, 0.2) is 0 Å². The molecule has 0 unspecified atom stereocenters. The first kappa shape index (κ1) is 24.1. The Morgan fingerprint density at radius 1 is 1.08 bits per heavy atom. The molecule has 3 aromatic carbocycles. The second-order valence-electron chi connectivity index (χ2n) is 8.78. The molecule has 5 rings (SSSR count). The van der Waals surface area contributed by atoms with Crippen LogP contribution in [0.2, 0.25) is 0 Å². The van der Waals surface area contributed by atoms with Crippen molar-refractivity contribution in [3.63, 3.8) is 0 Å². The van der Waals surface area contributed by atoms with Crippen molar-refractivity contribution in [2.75, 3.05) is 12.4 Å². The van der Waals surface area contributed by atoms with Gasteiger partial charge in [-0.25, -0.2) is 9.18 Å². The average Bonchev–Trinajstić information content (AvgIpc) is 3.67. The fraction of sp³-hybridized carbons (Fsp3) is 0.179. The van der Waals surface area contributed by atoms with E-state index in [0.717, 1.165) is 12.8 Å². The van der Waals surface area contributed by atoms with E-state index in [1.54, 1.807) is 60.7 Å². The third-order valence-corrected chi connectivity index (χ3v) is 6.19. The number of para-hydroxylation sites is 1. The number of phenols is 1. The Morgan fingerprint density at radius 3 is 2.59 bits per heavy atom. The van der Waals surface area contributed by atoms with E-state index in [1.807, 2.05) is 0 Å². The monoisotopic (exact) mass is 500 g/mol. The van der Waals surface area contributed by atoms with Crippen LogP contribution in [0.1, 0.15) is 40.4 Å². The summed E-state index contributed by atoms with van der Waals surface area (Å²) < 4.78 is 20.5. The first-order valence-electron chi connectivity index (χ1n) is 11.8. The van der Waals surface area contributed by atoms with Crippen molar-refractivity contribution in [1.82, 2.24) is 15.1 Å². The summed E-state index contributed by atoms with van der Waals surface area (Å²) in [5.74, 6) is -0.201. The summed E-state index contributed by atoms with van der Waals surface area (Å²) in [5.41, 5.74) is 2.63. The highest BCUT2D eigenvalue weighted by Crippen LogP contribution is 2.42. The summed E-state index contributed by atoms with van der Waals surface area (Å²) in [6, 6.07) is 19.0. The van der Waals surface area contributed by atoms with Gasteiger partial charge < -0.3 is 20.5 Å². The van der Waals surface area contributed by atoms with Crippen LogP contribution in [0.3, 0.4) is 0 Å². The van der Waals surface area contributed by atoms with Crippen LogP contribution in [0.15, 0.2) is 72.8 Å². The minimum Gasteiger partial charge on any atom is -0.507 e. The van der Waals surface area contributed by atoms with Gasteiger partial charge in [-0.3, -0.25) is 4.79 Å². The molecule has 0 bridgehead atoms. The first-order valence-corrected chi connectivity index (χ1v) is 11.8. The maximum Gasteiger partial charge on any atom is 0.342 e. The van der Waals surface area contributed by atoms with Crippen molar-refractivity contribution < 1.29 is 23.8 Å². The Labute approximate surface area is 212 Å². The van der Waals surface area contributed by atoms with E-state index in [0.29, 0.717) is 39.5 Å². The van der Waals surface area contributed by atoms with Gasteiger partial charge in [-0.05, 0) is 55.3 Å². The van der Waals surface area contributed by atoms with Crippen LogP contribution in [0, 0.1) is 5.82 Å². The molecule has 1 aliphatic rings. The van der Waals surface area contributed by atoms with Crippen molar-refractivity contribution >= 4 is 17.6 Å². The van der Waals surface area contributed by atoms with Crippen LogP contribution in [0.5, 0.6) is 11.5 Å². The highest BCUT2D eigenvalue weighted by molar-refractivity contribution is 6.06. The first-order chi connectivity index (χ1) is 17.9. The van der Waals surface area contributed by atoms with Crippen molar-refractivity contribution in [2.24, 2.45) is 0 Å². The van der Waals surface area contributed by atoms with Crippen molar-refractivity contribution in [1.29, 1.82) is 0 Å². The number of carbonyl (C=O) groups excluding carboxylic acids is 2. The number of carbonyl (C=O) groups is 2. The number of hydrogen-bond donors (Lipinski definition) is 3. The van der Waals surface area contributed by atoms with Crippen molar-refractivity contribution in [3.05, 3.63) is 95.4 Å². The Hall–Kier alpha value is -4.66. The number of nitrogens with zero attached hydrogens (tertiary/aromatic N) is 2. The number of methoxy groups -OCH3 is 1. The standard InChI is InChI=1S/C28H25FN4O4/c1-37-26-9-5-3-7-20(26)27(35)31-19-12-13-25(34)21(14-19)23-15-24(17-10-11-17)33(32-23)28(36)30-16-18-6-2-4-8-22(18)29/h2-9,12-15,17,34H,10-11,16H2,1H3,(H,30,36)(H,31,35). The highest BCUT2D eigenvalue weighted by atomic mass is 19.1. The van der Waals surface area contributed by atoms with Crippen LogP contribution >= 0.6 is 0 Å². The molecule has 0 spiro atoms. The summed E-state index contributed by atoms with van der Waals surface area (Å²) in [5, 5.41) is 20.6. The molecular weight excluding hydrogens is 475 g/mol. The fourth-order valence-corrected chi connectivity index (χ4v) is 4.10. The SMILES string of the molecule is COc1ccccc1C(=O)Nc1ccc(O)c(-c2cc(C3CC3)n(C(=O)NCc3ccccc3F)n2)c1. The molecule has 37 heavy (non-hydrogen) atoms. The van der Waals surface area contributed by atoms with Gasteiger partial charge in [-0.15, -0.1) is 0 Å². The van der Waals surface area contributed by atoms with Crippen LogP contribution < -0.4 is 15.4 Å². The van der Waals surface area contributed by atoms with Gasteiger partial charge in [0.05, 0.1) is 24.1 Å². The number of aromatic nitrogens is 2. The molecule has 1 fully saturated rings. The lowest BCUT2D eigenvalue weighted by molar-refractivity contribution is 0.102. The minimum atomic E-state index is -0.489. The average molecular weight is 501 g/mol. The molecule has 1 aromatic heterocycles. The summed E-state index contributed by atoms with van der Waals surface area (Å²) in [6.07, 6.45) is 1.85. The number of halogens is 1. The lowest BCUT2D eigenvalue weighted by Gasteiger charge is -2.10. The summed E-state index contributed by atoms with van der Waals surface area (Å²) in [6.45, 7) is 0.0144. The van der Waals surface area contributed by atoms with Crippen LogP contribution in [0.25, 0.3) is 11.3 Å². The Balaban J connectivity index is 1.40.